The first-order valence-corrected chi connectivity index (χ1v) is 7.28. The molecule has 22 heavy (non-hydrogen) atoms. The van der Waals surface area contributed by atoms with Crippen LogP contribution in [0.4, 0.5) is 0 Å². The Kier molecular flexibility index (Phi) is 2.83. The summed E-state index contributed by atoms with van der Waals surface area (Å²) in [7, 11) is 0. The van der Waals surface area contributed by atoms with Crippen molar-refractivity contribution in [2.45, 2.75) is 6.42 Å². The van der Waals surface area contributed by atoms with E-state index < -0.39 is 0 Å². The van der Waals surface area contributed by atoms with Crippen molar-refractivity contribution in [3.8, 4) is 0 Å². The first-order chi connectivity index (χ1) is 10.8. The summed E-state index contributed by atoms with van der Waals surface area (Å²) in [6.07, 6.45) is 0.445. The van der Waals surface area contributed by atoms with Crippen LogP contribution in [-0.2, 0) is 6.42 Å². The summed E-state index contributed by atoms with van der Waals surface area (Å²) < 4.78 is 0. The summed E-state index contributed by atoms with van der Waals surface area (Å²) >= 11 is 0. The Hall–Kier alpha value is -2.87. The van der Waals surface area contributed by atoms with Crippen molar-refractivity contribution in [3.63, 3.8) is 0 Å². The molecule has 0 heterocycles. The molecule has 2 nitrogen and oxygen atoms in total. The van der Waals surface area contributed by atoms with Gasteiger partial charge in [-0.15, -0.1) is 0 Å². The maximum absolute atomic E-state index is 12.5. The van der Waals surface area contributed by atoms with Crippen LogP contribution in [0.5, 0.6) is 0 Å². The SMILES string of the molecule is O=C1C(Cc2cccc3ccccc23)=C(O)c2ccccc21. The molecule has 0 amide bonds. The summed E-state index contributed by atoms with van der Waals surface area (Å²) in [5, 5.41) is 12.7. The predicted molar refractivity (Wildman–Crippen MR) is 88.0 cm³/mol. The molecular weight excluding hydrogens is 272 g/mol. The molecule has 0 aromatic heterocycles. The number of aliphatic hydroxyl groups is 1. The quantitative estimate of drug-likeness (QED) is 0.750. The molecule has 1 aliphatic rings. The third-order valence-electron chi connectivity index (χ3n) is 4.23. The van der Waals surface area contributed by atoms with E-state index in [9.17, 15) is 9.90 Å². The number of carbonyl (C=O) groups is 1. The van der Waals surface area contributed by atoms with E-state index in [0.717, 1.165) is 16.3 Å². The Morgan fingerprint density at radius 1 is 0.773 bits per heavy atom. The zero-order valence-corrected chi connectivity index (χ0v) is 11.9. The molecule has 1 aliphatic carbocycles. The molecule has 0 unspecified atom stereocenters. The second-order valence-corrected chi connectivity index (χ2v) is 5.52. The van der Waals surface area contributed by atoms with Crippen LogP contribution in [-0.4, -0.2) is 10.9 Å². The second-order valence-electron chi connectivity index (χ2n) is 5.52. The molecule has 0 bridgehead atoms. The van der Waals surface area contributed by atoms with E-state index in [1.165, 1.54) is 0 Å². The molecule has 0 atom stereocenters. The number of hydrogen-bond donors (Lipinski definition) is 1. The molecule has 0 spiro atoms. The molecule has 0 saturated heterocycles. The summed E-state index contributed by atoms with van der Waals surface area (Å²) in [6, 6.07) is 21.4. The highest BCUT2D eigenvalue weighted by molar-refractivity contribution is 6.19. The van der Waals surface area contributed by atoms with Crippen LogP contribution in [0.3, 0.4) is 0 Å². The third kappa shape index (κ3) is 1.85. The van der Waals surface area contributed by atoms with Crippen LogP contribution >= 0.6 is 0 Å². The van der Waals surface area contributed by atoms with Crippen LogP contribution in [0, 0.1) is 0 Å². The van der Waals surface area contributed by atoms with Gasteiger partial charge in [-0.3, -0.25) is 4.79 Å². The van der Waals surface area contributed by atoms with E-state index in [2.05, 4.69) is 18.2 Å². The predicted octanol–water partition coefficient (Wildman–Crippen LogP) is 4.55. The largest absolute Gasteiger partial charge is 0.507 e. The zero-order chi connectivity index (χ0) is 15.1. The van der Waals surface area contributed by atoms with E-state index in [4.69, 9.17) is 0 Å². The van der Waals surface area contributed by atoms with Gasteiger partial charge in [0.15, 0.2) is 5.78 Å². The molecule has 0 aliphatic heterocycles. The van der Waals surface area contributed by atoms with E-state index in [-0.39, 0.29) is 11.5 Å². The minimum Gasteiger partial charge on any atom is -0.507 e. The lowest BCUT2D eigenvalue weighted by atomic mass is 9.97. The molecule has 4 rings (SSSR count). The van der Waals surface area contributed by atoms with Crippen LogP contribution in [0.25, 0.3) is 16.5 Å². The molecule has 106 valence electrons. The van der Waals surface area contributed by atoms with Gasteiger partial charge in [0, 0.05) is 23.1 Å². The number of hydrogen-bond acceptors (Lipinski definition) is 2. The lowest BCUT2D eigenvalue weighted by molar-refractivity contribution is 0.103. The minimum atomic E-state index is -0.0685. The summed E-state index contributed by atoms with van der Waals surface area (Å²) in [6.45, 7) is 0. The van der Waals surface area contributed by atoms with E-state index in [1.807, 2.05) is 36.4 Å². The molecular formula is C20H14O2. The monoisotopic (exact) mass is 286 g/mol. The molecule has 0 radical (unpaired) electrons. The standard InChI is InChI=1S/C20H14O2/c21-19-16-10-3-4-11-17(16)20(22)18(19)12-14-8-5-7-13-6-1-2-9-15(13)14/h1-11,21H,12H2. The highest BCUT2D eigenvalue weighted by Gasteiger charge is 2.29. The third-order valence-corrected chi connectivity index (χ3v) is 4.23. The van der Waals surface area contributed by atoms with Gasteiger partial charge in [0.05, 0.1) is 0 Å². The molecule has 3 aromatic rings. The van der Waals surface area contributed by atoms with Crippen LogP contribution < -0.4 is 0 Å². The second kappa shape index (κ2) is 4.85. The maximum atomic E-state index is 12.5. The fourth-order valence-corrected chi connectivity index (χ4v) is 3.12. The normalized spacial score (nSPS) is 13.7. The topological polar surface area (TPSA) is 37.3 Å². The first-order valence-electron chi connectivity index (χ1n) is 7.28. The van der Waals surface area contributed by atoms with Gasteiger partial charge < -0.3 is 5.11 Å². The van der Waals surface area contributed by atoms with E-state index in [0.29, 0.717) is 23.1 Å². The fraction of sp³-hybridized carbons (Fsp3) is 0.0500. The lowest BCUT2D eigenvalue weighted by Crippen LogP contribution is -2.02. The van der Waals surface area contributed by atoms with Gasteiger partial charge >= 0.3 is 0 Å². The van der Waals surface area contributed by atoms with E-state index in [1.54, 1.807) is 12.1 Å². The lowest BCUT2D eigenvalue weighted by Gasteiger charge is -2.07. The Morgan fingerprint density at radius 2 is 1.45 bits per heavy atom. The Bertz CT molecular complexity index is 930. The summed E-state index contributed by atoms with van der Waals surface area (Å²) in [4.78, 5) is 12.5. The average molecular weight is 286 g/mol. The van der Waals surface area contributed by atoms with Gasteiger partial charge in [0.1, 0.15) is 5.76 Å². The van der Waals surface area contributed by atoms with Crippen LogP contribution in [0.1, 0.15) is 21.5 Å². The zero-order valence-electron chi connectivity index (χ0n) is 11.9. The van der Waals surface area contributed by atoms with Crippen molar-refractivity contribution in [2.75, 3.05) is 0 Å². The highest BCUT2D eigenvalue weighted by atomic mass is 16.3. The van der Waals surface area contributed by atoms with Crippen molar-refractivity contribution >= 4 is 22.3 Å². The number of Topliss-reactive ketones (excluding diaryl/α,β-unsaturated/α-hetero) is 1. The fourth-order valence-electron chi connectivity index (χ4n) is 3.12. The first kappa shape index (κ1) is 12.8. The Balaban J connectivity index is 1.81. The Morgan fingerprint density at radius 3 is 2.27 bits per heavy atom. The van der Waals surface area contributed by atoms with Gasteiger partial charge in [-0.1, -0.05) is 66.7 Å². The van der Waals surface area contributed by atoms with Gasteiger partial charge in [0.2, 0.25) is 0 Å². The molecule has 2 heteroatoms. The van der Waals surface area contributed by atoms with Gasteiger partial charge in [-0.05, 0) is 16.3 Å². The van der Waals surface area contributed by atoms with Crippen molar-refractivity contribution in [1.29, 1.82) is 0 Å². The Labute approximate surface area is 128 Å². The molecule has 0 fully saturated rings. The van der Waals surface area contributed by atoms with Gasteiger partial charge in [-0.2, -0.15) is 0 Å². The van der Waals surface area contributed by atoms with Crippen LogP contribution in [0.15, 0.2) is 72.3 Å². The molecule has 1 N–H and O–H groups in total. The summed E-state index contributed by atoms with van der Waals surface area (Å²) in [5.41, 5.74) is 2.77. The van der Waals surface area contributed by atoms with Crippen molar-refractivity contribution < 1.29 is 9.90 Å². The summed E-state index contributed by atoms with van der Waals surface area (Å²) in [5.74, 6) is 0.0505. The number of benzene rings is 3. The van der Waals surface area contributed by atoms with Crippen molar-refractivity contribution in [1.82, 2.24) is 0 Å². The number of carbonyl (C=O) groups excluding carboxylic acids is 1. The van der Waals surface area contributed by atoms with Crippen molar-refractivity contribution in [3.05, 3.63) is 89.0 Å². The number of allylic oxidation sites excluding steroid dienone is 1. The van der Waals surface area contributed by atoms with Crippen molar-refractivity contribution in [2.24, 2.45) is 0 Å². The van der Waals surface area contributed by atoms with Crippen LogP contribution in [0.2, 0.25) is 0 Å². The number of aliphatic hydroxyl groups excluding tert-OH is 1. The average Bonchev–Trinajstić information content (AvgIpc) is 2.81. The van der Waals surface area contributed by atoms with E-state index >= 15 is 0 Å². The number of fused-ring (bicyclic) bond motifs is 2. The number of ketones is 1. The minimum absolute atomic E-state index is 0.0685. The van der Waals surface area contributed by atoms with Gasteiger partial charge in [-0.25, -0.2) is 0 Å². The smallest absolute Gasteiger partial charge is 0.193 e. The van der Waals surface area contributed by atoms with Gasteiger partial charge in [0.25, 0.3) is 0 Å². The maximum Gasteiger partial charge on any atom is 0.193 e. The molecule has 0 saturated carbocycles. The number of rotatable bonds is 2. The molecule has 3 aromatic carbocycles. The highest BCUT2D eigenvalue weighted by Crippen LogP contribution is 2.33.